The summed E-state index contributed by atoms with van der Waals surface area (Å²) in [4.78, 5) is 23.7. The summed E-state index contributed by atoms with van der Waals surface area (Å²) in [7, 11) is 1.50. The number of esters is 1. The number of rotatable bonds is 7. The molecule has 5 nitrogen and oxygen atoms in total. The van der Waals surface area contributed by atoms with E-state index in [9.17, 15) is 9.59 Å². The lowest BCUT2D eigenvalue weighted by atomic mass is 10.1. The van der Waals surface area contributed by atoms with Crippen molar-refractivity contribution >= 4 is 18.0 Å². The number of carbonyl (C=O) groups excluding carboxylic acids is 2. The van der Waals surface area contributed by atoms with Crippen molar-refractivity contribution in [2.24, 2.45) is 5.92 Å². The first kappa shape index (κ1) is 20.2. The van der Waals surface area contributed by atoms with Crippen LogP contribution >= 0.6 is 0 Å². The number of aryl methyl sites for hydroxylation is 1. The summed E-state index contributed by atoms with van der Waals surface area (Å²) in [6.07, 6.45) is 3.14. The smallest absolute Gasteiger partial charge is 0.313 e. The van der Waals surface area contributed by atoms with E-state index in [1.807, 2.05) is 31.2 Å². The van der Waals surface area contributed by atoms with E-state index < -0.39 is 0 Å². The van der Waals surface area contributed by atoms with Gasteiger partial charge in [-0.2, -0.15) is 0 Å². The van der Waals surface area contributed by atoms with E-state index in [0.717, 1.165) is 11.1 Å². The number of hydrogen-bond acceptors (Lipinski definition) is 4. The van der Waals surface area contributed by atoms with E-state index in [1.165, 1.54) is 18.7 Å². The van der Waals surface area contributed by atoms with E-state index >= 15 is 0 Å². The number of nitrogens with one attached hydrogen (secondary N) is 1. The summed E-state index contributed by atoms with van der Waals surface area (Å²) in [6, 6.07) is 13.1. The SMILES string of the molecule is COc1cc(/C=C/C(=O)NCc2ccc(C)cc2)ccc1OC(=O)C(C)C. The van der Waals surface area contributed by atoms with Gasteiger partial charge in [-0.05, 0) is 36.3 Å². The minimum atomic E-state index is -0.327. The Morgan fingerprint density at radius 3 is 2.41 bits per heavy atom. The quantitative estimate of drug-likeness (QED) is 0.458. The first-order chi connectivity index (χ1) is 12.9. The number of carbonyl (C=O) groups is 2. The average molecular weight is 367 g/mol. The van der Waals surface area contributed by atoms with Crippen LogP contribution in [0.1, 0.15) is 30.5 Å². The number of benzene rings is 2. The normalized spacial score (nSPS) is 10.9. The molecular formula is C22H25NO4. The zero-order valence-corrected chi connectivity index (χ0v) is 16.1. The number of ether oxygens (including phenoxy) is 2. The van der Waals surface area contributed by atoms with Crippen LogP contribution in [0.4, 0.5) is 0 Å². The lowest BCUT2D eigenvalue weighted by Gasteiger charge is -2.11. The molecule has 0 heterocycles. The van der Waals surface area contributed by atoms with Crippen LogP contribution in [0.5, 0.6) is 11.5 Å². The molecule has 0 bridgehead atoms. The van der Waals surface area contributed by atoms with E-state index in [1.54, 1.807) is 38.1 Å². The van der Waals surface area contributed by atoms with E-state index in [-0.39, 0.29) is 17.8 Å². The summed E-state index contributed by atoms with van der Waals surface area (Å²) in [5.74, 6) is 0.0480. The fourth-order valence-electron chi connectivity index (χ4n) is 2.22. The van der Waals surface area contributed by atoms with Crippen molar-refractivity contribution in [3.05, 3.63) is 65.2 Å². The molecule has 0 aliphatic rings. The minimum absolute atomic E-state index is 0.190. The van der Waals surface area contributed by atoms with E-state index in [4.69, 9.17) is 9.47 Å². The Labute approximate surface area is 160 Å². The Bertz CT molecular complexity index is 823. The van der Waals surface area contributed by atoms with Gasteiger partial charge in [-0.1, -0.05) is 49.7 Å². The molecular weight excluding hydrogens is 342 g/mol. The van der Waals surface area contributed by atoms with E-state index in [0.29, 0.717) is 18.0 Å². The number of hydrogen-bond donors (Lipinski definition) is 1. The molecule has 0 aromatic heterocycles. The fourth-order valence-corrected chi connectivity index (χ4v) is 2.22. The average Bonchev–Trinajstić information content (AvgIpc) is 2.66. The maximum absolute atomic E-state index is 12.0. The maximum atomic E-state index is 12.0. The second-order valence-electron chi connectivity index (χ2n) is 6.52. The zero-order valence-electron chi connectivity index (χ0n) is 16.1. The van der Waals surface area contributed by atoms with Gasteiger partial charge in [-0.25, -0.2) is 0 Å². The Balaban J connectivity index is 1.97. The van der Waals surface area contributed by atoms with Gasteiger partial charge >= 0.3 is 5.97 Å². The van der Waals surface area contributed by atoms with Crippen LogP contribution in [0.25, 0.3) is 6.08 Å². The topological polar surface area (TPSA) is 64.6 Å². The molecule has 142 valence electrons. The molecule has 0 spiro atoms. The standard InChI is InChI=1S/C22H25NO4/c1-15(2)22(25)27-19-11-9-17(13-20(19)26-4)10-12-21(24)23-14-18-7-5-16(3)6-8-18/h5-13,15H,14H2,1-4H3,(H,23,24)/b12-10+. The Hall–Kier alpha value is -3.08. The molecule has 0 atom stereocenters. The van der Waals surface area contributed by atoms with Crippen LogP contribution in [-0.4, -0.2) is 19.0 Å². The zero-order chi connectivity index (χ0) is 19.8. The van der Waals surface area contributed by atoms with Crippen LogP contribution in [0.15, 0.2) is 48.5 Å². The second kappa shape index (κ2) is 9.57. The summed E-state index contributed by atoms with van der Waals surface area (Å²) >= 11 is 0. The van der Waals surface area contributed by atoms with Crippen LogP contribution in [-0.2, 0) is 16.1 Å². The predicted molar refractivity (Wildman–Crippen MR) is 106 cm³/mol. The molecule has 0 radical (unpaired) electrons. The minimum Gasteiger partial charge on any atom is -0.493 e. The summed E-state index contributed by atoms with van der Waals surface area (Å²) < 4.78 is 10.6. The lowest BCUT2D eigenvalue weighted by Crippen LogP contribution is -2.20. The van der Waals surface area contributed by atoms with Crippen LogP contribution in [0, 0.1) is 12.8 Å². The van der Waals surface area contributed by atoms with Gasteiger partial charge in [0.05, 0.1) is 13.0 Å². The Morgan fingerprint density at radius 1 is 1.07 bits per heavy atom. The van der Waals surface area contributed by atoms with E-state index in [2.05, 4.69) is 5.32 Å². The first-order valence-electron chi connectivity index (χ1n) is 8.80. The molecule has 0 saturated heterocycles. The van der Waals surface area contributed by atoms with Crippen molar-refractivity contribution in [3.8, 4) is 11.5 Å². The molecule has 0 saturated carbocycles. The number of amides is 1. The van der Waals surface area contributed by atoms with Crippen molar-refractivity contribution in [1.82, 2.24) is 5.32 Å². The van der Waals surface area contributed by atoms with Gasteiger partial charge in [0, 0.05) is 12.6 Å². The van der Waals surface area contributed by atoms with Gasteiger partial charge in [0.25, 0.3) is 0 Å². The summed E-state index contributed by atoms with van der Waals surface area (Å²) in [5, 5.41) is 2.84. The molecule has 2 rings (SSSR count). The van der Waals surface area contributed by atoms with Gasteiger partial charge in [0.15, 0.2) is 11.5 Å². The molecule has 1 N–H and O–H groups in total. The second-order valence-corrected chi connectivity index (χ2v) is 6.52. The van der Waals surface area contributed by atoms with Crippen molar-refractivity contribution in [3.63, 3.8) is 0 Å². The molecule has 5 heteroatoms. The lowest BCUT2D eigenvalue weighted by molar-refractivity contribution is -0.137. The monoisotopic (exact) mass is 367 g/mol. The van der Waals surface area contributed by atoms with Gasteiger partial charge in [0.2, 0.25) is 5.91 Å². The van der Waals surface area contributed by atoms with Crippen LogP contribution < -0.4 is 14.8 Å². The van der Waals surface area contributed by atoms with Gasteiger partial charge in [-0.3, -0.25) is 9.59 Å². The third-order valence-corrected chi connectivity index (χ3v) is 3.88. The van der Waals surface area contributed by atoms with Crippen molar-refractivity contribution < 1.29 is 19.1 Å². The highest BCUT2D eigenvalue weighted by Crippen LogP contribution is 2.29. The fraction of sp³-hybridized carbons (Fsp3) is 0.273. The van der Waals surface area contributed by atoms with Gasteiger partial charge in [-0.15, -0.1) is 0 Å². The predicted octanol–water partition coefficient (Wildman–Crippen LogP) is 3.89. The van der Waals surface area contributed by atoms with Gasteiger partial charge in [0.1, 0.15) is 0 Å². The molecule has 1 amide bonds. The third-order valence-electron chi connectivity index (χ3n) is 3.88. The largest absolute Gasteiger partial charge is 0.493 e. The molecule has 0 unspecified atom stereocenters. The highest BCUT2D eigenvalue weighted by Gasteiger charge is 2.13. The molecule has 2 aromatic rings. The van der Waals surface area contributed by atoms with Crippen LogP contribution in [0.2, 0.25) is 0 Å². The Morgan fingerprint density at radius 2 is 1.78 bits per heavy atom. The van der Waals surface area contributed by atoms with Crippen molar-refractivity contribution in [2.45, 2.75) is 27.3 Å². The van der Waals surface area contributed by atoms with Crippen molar-refractivity contribution in [1.29, 1.82) is 0 Å². The molecule has 0 aliphatic carbocycles. The molecule has 27 heavy (non-hydrogen) atoms. The molecule has 0 aliphatic heterocycles. The third kappa shape index (κ3) is 6.29. The molecule has 2 aromatic carbocycles. The summed E-state index contributed by atoms with van der Waals surface area (Å²) in [5.41, 5.74) is 2.99. The summed E-state index contributed by atoms with van der Waals surface area (Å²) in [6.45, 7) is 6.02. The highest BCUT2D eigenvalue weighted by molar-refractivity contribution is 5.91. The van der Waals surface area contributed by atoms with Crippen LogP contribution in [0.3, 0.4) is 0 Å². The maximum Gasteiger partial charge on any atom is 0.313 e. The molecule has 0 fully saturated rings. The van der Waals surface area contributed by atoms with Gasteiger partial charge < -0.3 is 14.8 Å². The highest BCUT2D eigenvalue weighted by atomic mass is 16.6. The van der Waals surface area contributed by atoms with Crippen molar-refractivity contribution in [2.75, 3.05) is 7.11 Å². The first-order valence-corrected chi connectivity index (χ1v) is 8.80. The Kier molecular flexibility index (Phi) is 7.17. The number of methoxy groups -OCH3 is 1.